The number of aromatic nitrogens is 2. The van der Waals surface area contributed by atoms with Gasteiger partial charge < -0.3 is 4.90 Å². The molecule has 0 atom stereocenters. The summed E-state index contributed by atoms with van der Waals surface area (Å²) in [7, 11) is -1.68. The minimum atomic E-state index is -3.54. The molecule has 0 unspecified atom stereocenters. The van der Waals surface area contributed by atoms with Crippen LogP contribution in [0.25, 0.3) is 0 Å². The van der Waals surface area contributed by atoms with Crippen LogP contribution in [0.3, 0.4) is 0 Å². The molecule has 1 saturated heterocycles. The van der Waals surface area contributed by atoms with E-state index < -0.39 is 10.0 Å². The van der Waals surface area contributed by atoms with Gasteiger partial charge in [-0.3, -0.25) is 9.48 Å². The van der Waals surface area contributed by atoms with Crippen LogP contribution in [0.2, 0.25) is 0 Å². The summed E-state index contributed by atoms with van der Waals surface area (Å²) in [6.07, 6.45) is 4.78. The van der Waals surface area contributed by atoms with E-state index in [-0.39, 0.29) is 17.9 Å². The Kier molecular flexibility index (Phi) is 7.21. The lowest BCUT2D eigenvalue weighted by Crippen LogP contribution is -2.46. The Morgan fingerprint density at radius 3 is 2.23 bits per heavy atom. The highest BCUT2D eigenvalue weighted by atomic mass is 32.2. The zero-order chi connectivity index (χ0) is 22.8. The molecule has 7 nitrogen and oxygen atoms in total. The molecule has 0 radical (unpaired) electrons. The molecule has 0 bridgehead atoms. The fourth-order valence-corrected chi connectivity index (χ4v) is 5.49. The number of hydrogen-bond acceptors (Lipinski definition) is 4. The monoisotopic (exact) mass is 446 g/mol. The van der Waals surface area contributed by atoms with Crippen LogP contribution in [0, 0.1) is 5.92 Å². The van der Waals surface area contributed by atoms with Crippen molar-refractivity contribution in [2.45, 2.75) is 63.9 Å². The van der Waals surface area contributed by atoms with Gasteiger partial charge in [0.2, 0.25) is 15.9 Å². The fraction of sp³-hybridized carbons (Fsp3) is 0.565. The summed E-state index contributed by atoms with van der Waals surface area (Å²) in [6, 6.07) is 7.21. The highest BCUT2D eigenvalue weighted by molar-refractivity contribution is 7.89. The highest BCUT2D eigenvalue weighted by Crippen LogP contribution is 2.27. The average molecular weight is 447 g/mol. The normalized spacial score (nSPS) is 16.2. The molecule has 0 saturated carbocycles. The van der Waals surface area contributed by atoms with Crippen molar-refractivity contribution in [3.63, 3.8) is 0 Å². The number of amides is 1. The third-order valence-electron chi connectivity index (χ3n) is 6.01. The van der Waals surface area contributed by atoms with Crippen LogP contribution in [0.1, 0.15) is 57.6 Å². The van der Waals surface area contributed by atoms with Crippen molar-refractivity contribution in [3.8, 4) is 0 Å². The Morgan fingerprint density at radius 2 is 1.74 bits per heavy atom. The quantitative estimate of drug-likeness (QED) is 0.653. The molecule has 31 heavy (non-hydrogen) atoms. The van der Waals surface area contributed by atoms with Gasteiger partial charge in [0.25, 0.3) is 0 Å². The van der Waals surface area contributed by atoms with Crippen LogP contribution in [-0.2, 0) is 28.4 Å². The minimum absolute atomic E-state index is 0.0638. The van der Waals surface area contributed by atoms with E-state index in [0.29, 0.717) is 43.3 Å². The third-order valence-corrected chi connectivity index (χ3v) is 7.92. The molecule has 8 heteroatoms. The van der Waals surface area contributed by atoms with Gasteiger partial charge in [-0.05, 0) is 50.3 Å². The zero-order valence-corrected chi connectivity index (χ0v) is 20.0. The van der Waals surface area contributed by atoms with Crippen molar-refractivity contribution in [1.82, 2.24) is 19.0 Å². The molecule has 0 N–H and O–H groups in total. The van der Waals surface area contributed by atoms with Gasteiger partial charge in [-0.15, -0.1) is 0 Å². The second kappa shape index (κ2) is 9.53. The van der Waals surface area contributed by atoms with Crippen LogP contribution < -0.4 is 0 Å². The highest BCUT2D eigenvalue weighted by Gasteiger charge is 2.34. The van der Waals surface area contributed by atoms with E-state index >= 15 is 0 Å². The van der Waals surface area contributed by atoms with Crippen molar-refractivity contribution in [2.24, 2.45) is 13.0 Å². The number of piperidine rings is 1. The molecule has 1 aliphatic rings. The summed E-state index contributed by atoms with van der Waals surface area (Å²) < 4.78 is 29.4. The summed E-state index contributed by atoms with van der Waals surface area (Å²) in [5.41, 5.74) is 2.11. The predicted octanol–water partition coefficient (Wildman–Crippen LogP) is 3.38. The first-order chi connectivity index (χ1) is 14.6. The van der Waals surface area contributed by atoms with Gasteiger partial charge in [-0.1, -0.05) is 26.0 Å². The molecule has 2 aromatic rings. The Balaban J connectivity index is 1.65. The number of carbonyl (C=O) groups excluding carboxylic acids is 1. The molecule has 3 rings (SSSR count). The van der Waals surface area contributed by atoms with Crippen molar-refractivity contribution in [1.29, 1.82) is 0 Å². The van der Waals surface area contributed by atoms with Crippen LogP contribution >= 0.6 is 0 Å². The number of sulfonamides is 1. The lowest BCUT2D eigenvalue weighted by molar-refractivity contribution is -0.139. The summed E-state index contributed by atoms with van der Waals surface area (Å²) in [5, 5.41) is 4.19. The van der Waals surface area contributed by atoms with E-state index in [9.17, 15) is 13.2 Å². The van der Waals surface area contributed by atoms with Gasteiger partial charge in [0, 0.05) is 50.4 Å². The Labute approximate surface area is 186 Å². The predicted molar refractivity (Wildman–Crippen MR) is 121 cm³/mol. The van der Waals surface area contributed by atoms with Crippen molar-refractivity contribution >= 4 is 15.9 Å². The van der Waals surface area contributed by atoms with E-state index in [1.165, 1.54) is 4.31 Å². The van der Waals surface area contributed by atoms with E-state index in [4.69, 9.17) is 0 Å². The van der Waals surface area contributed by atoms with E-state index in [0.717, 1.165) is 11.1 Å². The maximum atomic E-state index is 13.2. The zero-order valence-electron chi connectivity index (χ0n) is 19.2. The molecule has 1 aliphatic heterocycles. The second-order valence-corrected chi connectivity index (χ2v) is 10.9. The summed E-state index contributed by atoms with van der Waals surface area (Å²) >= 11 is 0. The number of aryl methyl sites for hydroxylation is 1. The van der Waals surface area contributed by atoms with Crippen LogP contribution in [0.5, 0.6) is 0 Å². The lowest BCUT2D eigenvalue weighted by Gasteiger charge is -2.35. The fourth-order valence-electron chi connectivity index (χ4n) is 4.02. The topological polar surface area (TPSA) is 75.5 Å². The largest absolute Gasteiger partial charge is 0.336 e. The molecule has 1 amide bonds. The summed E-state index contributed by atoms with van der Waals surface area (Å²) in [4.78, 5) is 15.4. The molecule has 0 spiro atoms. The average Bonchev–Trinajstić information content (AvgIpc) is 3.16. The number of benzene rings is 1. The molecule has 2 heterocycles. The molecule has 170 valence electrons. The first-order valence-electron chi connectivity index (χ1n) is 11.0. The molecular weight excluding hydrogens is 412 g/mol. The van der Waals surface area contributed by atoms with Crippen molar-refractivity contribution in [2.75, 3.05) is 13.1 Å². The van der Waals surface area contributed by atoms with Crippen LogP contribution in [0.4, 0.5) is 0 Å². The van der Waals surface area contributed by atoms with Crippen LogP contribution in [0.15, 0.2) is 41.6 Å². The Hall–Kier alpha value is -2.19. The van der Waals surface area contributed by atoms with Gasteiger partial charge in [0.15, 0.2) is 0 Å². The maximum Gasteiger partial charge on any atom is 0.243 e. The summed E-state index contributed by atoms with van der Waals surface area (Å²) in [5.74, 6) is 0.292. The molecule has 0 aliphatic carbocycles. The Morgan fingerprint density at radius 1 is 1.13 bits per heavy atom. The van der Waals surface area contributed by atoms with E-state index in [1.807, 2.05) is 44.1 Å². The molecular formula is C23H34N4O3S. The van der Waals surface area contributed by atoms with Gasteiger partial charge in [-0.25, -0.2) is 8.42 Å². The number of hydrogen-bond donors (Lipinski definition) is 0. The molecule has 1 aromatic heterocycles. The molecule has 1 fully saturated rings. The maximum absolute atomic E-state index is 13.2. The lowest BCUT2D eigenvalue weighted by atomic mass is 9.96. The number of rotatable bonds is 7. The van der Waals surface area contributed by atoms with Gasteiger partial charge in [0.1, 0.15) is 0 Å². The molecule has 1 aromatic carbocycles. The second-order valence-electron chi connectivity index (χ2n) is 8.98. The smallest absolute Gasteiger partial charge is 0.243 e. The SMILES string of the molecule is CC(C)c1ccc(S(=O)(=O)N2CCC(C(=O)N(Cc3cnn(C)c3)C(C)C)CC2)cc1. The number of nitrogens with zero attached hydrogens (tertiary/aromatic N) is 4. The summed E-state index contributed by atoms with van der Waals surface area (Å²) in [6.45, 7) is 9.43. The van der Waals surface area contributed by atoms with E-state index in [1.54, 1.807) is 23.0 Å². The van der Waals surface area contributed by atoms with Crippen molar-refractivity contribution in [3.05, 3.63) is 47.8 Å². The van der Waals surface area contributed by atoms with Gasteiger partial charge >= 0.3 is 0 Å². The van der Waals surface area contributed by atoms with Crippen molar-refractivity contribution < 1.29 is 13.2 Å². The first-order valence-corrected chi connectivity index (χ1v) is 12.4. The third kappa shape index (κ3) is 5.36. The van der Waals surface area contributed by atoms with Gasteiger partial charge in [-0.2, -0.15) is 9.40 Å². The first kappa shape index (κ1) is 23.5. The number of carbonyl (C=O) groups is 1. The van der Waals surface area contributed by atoms with E-state index in [2.05, 4.69) is 18.9 Å². The van der Waals surface area contributed by atoms with Crippen LogP contribution in [-0.4, -0.2) is 52.4 Å². The Bertz CT molecular complexity index is 988. The van der Waals surface area contributed by atoms with Gasteiger partial charge in [0.05, 0.1) is 11.1 Å². The standard InChI is InChI=1S/C23H34N4O3S/c1-17(2)20-6-8-22(9-7-20)31(29,30)26-12-10-21(11-13-26)23(28)27(18(3)4)16-19-14-24-25(5)15-19/h6-9,14-15,17-18,21H,10-13,16H2,1-5H3. The minimum Gasteiger partial charge on any atom is -0.336 e.